The average Bonchev–Trinajstić information content (AvgIpc) is 3.03. The maximum Gasteiger partial charge on any atom is 0.338 e. The molecule has 0 aliphatic carbocycles. The largest absolute Gasteiger partial charge is 0.459 e. The molecule has 2 atom stereocenters. The zero-order valence-electron chi connectivity index (χ0n) is 25.6. The number of rotatable bonds is 18. The van der Waals surface area contributed by atoms with Crippen molar-refractivity contribution >= 4 is 11.9 Å². The van der Waals surface area contributed by atoms with E-state index in [0.29, 0.717) is 24.3 Å². The van der Waals surface area contributed by atoms with Crippen molar-refractivity contribution in [1.82, 2.24) is 0 Å². The summed E-state index contributed by atoms with van der Waals surface area (Å²) in [6, 6.07) is 23.0. The van der Waals surface area contributed by atoms with Crippen LogP contribution < -0.4 is 0 Å². The van der Waals surface area contributed by atoms with Crippen LogP contribution in [0.1, 0.15) is 86.9 Å². The van der Waals surface area contributed by atoms with Gasteiger partial charge in [0.2, 0.25) is 0 Å². The normalized spacial score (nSPS) is 12.5. The highest BCUT2D eigenvalue weighted by atomic mass is 16.6. The first-order chi connectivity index (χ1) is 20.4. The minimum absolute atomic E-state index is 0.123. The number of hydrogen-bond donors (Lipinski definition) is 0. The number of carbonyl (C=O) groups excluding carboxylic acids is 2. The smallest absolute Gasteiger partial charge is 0.338 e. The summed E-state index contributed by atoms with van der Waals surface area (Å²) in [4.78, 5) is 24.9. The van der Waals surface area contributed by atoms with Gasteiger partial charge in [-0.15, -0.1) is 0 Å². The van der Waals surface area contributed by atoms with Crippen molar-refractivity contribution < 1.29 is 28.5 Å². The SMILES string of the molecule is CCCCCOC(C)COC(=O)c1ccc(-c2ccc(-c3ccc(C(=O)OCC(C)OCCCCC)cc3)cc2)cc1. The van der Waals surface area contributed by atoms with Gasteiger partial charge in [0, 0.05) is 13.2 Å². The van der Waals surface area contributed by atoms with Gasteiger partial charge in [-0.3, -0.25) is 0 Å². The summed E-state index contributed by atoms with van der Waals surface area (Å²) in [5, 5.41) is 0. The van der Waals surface area contributed by atoms with E-state index in [1.54, 1.807) is 24.3 Å². The third-order valence-corrected chi connectivity index (χ3v) is 6.99. The second-order valence-electron chi connectivity index (χ2n) is 10.7. The maximum absolute atomic E-state index is 12.5. The van der Waals surface area contributed by atoms with Crippen LogP contribution in [-0.4, -0.2) is 50.6 Å². The van der Waals surface area contributed by atoms with E-state index in [2.05, 4.69) is 13.8 Å². The molecule has 0 radical (unpaired) electrons. The van der Waals surface area contributed by atoms with E-state index in [9.17, 15) is 9.59 Å². The van der Waals surface area contributed by atoms with Crippen LogP contribution in [0.3, 0.4) is 0 Å². The van der Waals surface area contributed by atoms with E-state index < -0.39 is 0 Å². The molecule has 0 N–H and O–H groups in total. The van der Waals surface area contributed by atoms with Gasteiger partial charge < -0.3 is 18.9 Å². The van der Waals surface area contributed by atoms with Gasteiger partial charge in [0.15, 0.2) is 0 Å². The van der Waals surface area contributed by atoms with Crippen LogP contribution in [0.15, 0.2) is 72.8 Å². The van der Waals surface area contributed by atoms with Crippen LogP contribution in [-0.2, 0) is 18.9 Å². The van der Waals surface area contributed by atoms with Crippen molar-refractivity contribution in [2.24, 2.45) is 0 Å². The standard InChI is InChI=1S/C36H46O6/c1-5-7-9-23-39-27(3)25-41-35(37)33-19-15-31(16-20-33)29-11-13-30(14-12-29)32-17-21-34(22-18-32)36(38)42-26-28(4)40-24-10-8-6-2/h11-22,27-28H,5-10,23-26H2,1-4H3. The fraction of sp³-hybridized carbons (Fsp3) is 0.444. The Labute approximate surface area is 251 Å². The van der Waals surface area contributed by atoms with E-state index in [4.69, 9.17) is 18.9 Å². The molecule has 0 fully saturated rings. The number of unbranched alkanes of at least 4 members (excludes halogenated alkanes) is 4. The van der Waals surface area contributed by atoms with Gasteiger partial charge in [-0.2, -0.15) is 0 Å². The molecule has 226 valence electrons. The molecule has 0 saturated heterocycles. The Bertz CT molecular complexity index is 1100. The van der Waals surface area contributed by atoms with Gasteiger partial charge in [0.05, 0.1) is 23.3 Å². The van der Waals surface area contributed by atoms with Crippen molar-refractivity contribution in [2.75, 3.05) is 26.4 Å². The predicted molar refractivity (Wildman–Crippen MR) is 168 cm³/mol. The minimum atomic E-state index is -0.349. The van der Waals surface area contributed by atoms with Crippen molar-refractivity contribution in [3.05, 3.63) is 83.9 Å². The molecule has 0 aliphatic heterocycles. The van der Waals surface area contributed by atoms with Crippen molar-refractivity contribution in [1.29, 1.82) is 0 Å². The molecule has 6 nitrogen and oxygen atoms in total. The fourth-order valence-electron chi connectivity index (χ4n) is 4.37. The van der Waals surface area contributed by atoms with Gasteiger partial charge in [0.1, 0.15) is 13.2 Å². The van der Waals surface area contributed by atoms with Crippen LogP contribution in [0.4, 0.5) is 0 Å². The summed E-state index contributed by atoms with van der Waals surface area (Å²) in [5.74, 6) is -0.697. The average molecular weight is 575 g/mol. The molecule has 0 saturated carbocycles. The Balaban J connectivity index is 1.48. The summed E-state index contributed by atoms with van der Waals surface area (Å²) >= 11 is 0. The Kier molecular flexibility index (Phi) is 14.3. The monoisotopic (exact) mass is 574 g/mol. The third kappa shape index (κ3) is 11.1. The van der Waals surface area contributed by atoms with Gasteiger partial charge >= 0.3 is 11.9 Å². The number of benzene rings is 3. The maximum atomic E-state index is 12.5. The van der Waals surface area contributed by atoms with E-state index >= 15 is 0 Å². The first-order valence-electron chi connectivity index (χ1n) is 15.3. The van der Waals surface area contributed by atoms with Crippen molar-refractivity contribution in [2.45, 2.75) is 78.4 Å². The molecule has 0 spiro atoms. The third-order valence-electron chi connectivity index (χ3n) is 6.99. The fourth-order valence-corrected chi connectivity index (χ4v) is 4.37. The second-order valence-corrected chi connectivity index (χ2v) is 10.7. The Morgan fingerprint density at radius 1 is 0.524 bits per heavy atom. The quantitative estimate of drug-likeness (QED) is 0.112. The Hall–Kier alpha value is -3.48. The lowest BCUT2D eigenvalue weighted by molar-refractivity contribution is -0.00144. The zero-order valence-corrected chi connectivity index (χ0v) is 25.6. The van der Waals surface area contributed by atoms with Crippen molar-refractivity contribution in [3.63, 3.8) is 0 Å². The molecular weight excluding hydrogens is 528 g/mol. The lowest BCUT2D eigenvalue weighted by Crippen LogP contribution is -2.19. The van der Waals surface area contributed by atoms with Crippen LogP contribution >= 0.6 is 0 Å². The highest BCUT2D eigenvalue weighted by Crippen LogP contribution is 2.26. The van der Waals surface area contributed by atoms with Crippen molar-refractivity contribution in [3.8, 4) is 22.3 Å². The van der Waals surface area contributed by atoms with Crippen LogP contribution in [0, 0.1) is 0 Å². The highest BCUT2D eigenvalue weighted by Gasteiger charge is 2.12. The molecule has 3 aromatic carbocycles. The molecule has 3 rings (SSSR count). The van der Waals surface area contributed by atoms with E-state index in [1.165, 1.54) is 0 Å². The Morgan fingerprint density at radius 2 is 0.833 bits per heavy atom. The molecule has 42 heavy (non-hydrogen) atoms. The van der Waals surface area contributed by atoms with E-state index in [1.807, 2.05) is 62.4 Å². The number of esters is 2. The minimum Gasteiger partial charge on any atom is -0.459 e. The lowest BCUT2D eigenvalue weighted by Gasteiger charge is -2.13. The molecule has 2 unspecified atom stereocenters. The summed E-state index contributed by atoms with van der Waals surface area (Å²) < 4.78 is 22.2. The topological polar surface area (TPSA) is 71.1 Å². The summed E-state index contributed by atoms with van der Waals surface area (Å²) in [7, 11) is 0. The second kappa shape index (κ2) is 18.1. The first-order valence-corrected chi connectivity index (χ1v) is 15.3. The molecule has 0 aliphatic rings. The number of ether oxygens (including phenoxy) is 4. The number of carbonyl (C=O) groups is 2. The van der Waals surface area contributed by atoms with Gasteiger partial charge in [-0.25, -0.2) is 9.59 Å². The molecule has 0 amide bonds. The van der Waals surface area contributed by atoms with E-state index in [-0.39, 0.29) is 37.4 Å². The summed E-state index contributed by atoms with van der Waals surface area (Å²) in [6.07, 6.45) is 6.38. The molecule has 0 heterocycles. The lowest BCUT2D eigenvalue weighted by atomic mass is 9.99. The molecule has 0 bridgehead atoms. The Morgan fingerprint density at radius 3 is 1.14 bits per heavy atom. The molecule has 0 aromatic heterocycles. The molecule has 6 heteroatoms. The molecular formula is C36H46O6. The van der Waals surface area contributed by atoms with Gasteiger partial charge in [-0.05, 0) is 73.2 Å². The summed E-state index contributed by atoms with van der Waals surface area (Å²) in [5.41, 5.74) is 5.13. The van der Waals surface area contributed by atoms with Gasteiger partial charge in [0.25, 0.3) is 0 Å². The zero-order chi connectivity index (χ0) is 30.2. The van der Waals surface area contributed by atoms with Crippen LogP contribution in [0.2, 0.25) is 0 Å². The van der Waals surface area contributed by atoms with Crippen LogP contribution in [0.25, 0.3) is 22.3 Å². The number of hydrogen-bond acceptors (Lipinski definition) is 6. The molecule has 3 aromatic rings. The first kappa shape index (κ1) is 33.0. The van der Waals surface area contributed by atoms with Gasteiger partial charge in [-0.1, -0.05) is 88.1 Å². The highest BCUT2D eigenvalue weighted by molar-refractivity contribution is 5.91. The van der Waals surface area contributed by atoms with Crippen LogP contribution in [0.5, 0.6) is 0 Å². The van der Waals surface area contributed by atoms with E-state index in [0.717, 1.165) is 60.8 Å². The predicted octanol–water partition coefficient (Wildman–Crippen LogP) is 8.52. The summed E-state index contributed by atoms with van der Waals surface area (Å²) in [6.45, 7) is 10.0.